The minimum Gasteiger partial charge on any atom is -0.504 e. The molecule has 3 rings (SSSR count). The Morgan fingerprint density at radius 1 is 0.810 bits per heavy atom. The van der Waals surface area contributed by atoms with Gasteiger partial charge in [0, 0.05) is 0 Å². The molecule has 3 fully saturated rings. The average molecular weight is 288 g/mol. The van der Waals surface area contributed by atoms with Gasteiger partial charge in [0.1, 0.15) is 0 Å². The molecule has 3 atom stereocenters. The zero-order valence-corrected chi connectivity index (χ0v) is 13.9. The molecule has 0 bridgehead atoms. The number of allylic oxidation sites excluding steroid dienone is 3. The quantitative estimate of drug-likeness (QED) is 0.456. The molecule has 1 heteroatoms. The highest BCUT2D eigenvalue weighted by Gasteiger charge is 2.36. The fourth-order valence-electron chi connectivity index (χ4n) is 5.25. The van der Waals surface area contributed by atoms with Crippen LogP contribution < -0.4 is 0 Å². The van der Waals surface area contributed by atoms with E-state index in [0.717, 1.165) is 23.7 Å². The van der Waals surface area contributed by atoms with E-state index in [0.29, 0.717) is 0 Å². The first kappa shape index (κ1) is 15.2. The van der Waals surface area contributed by atoms with Gasteiger partial charge in [0.05, 0.1) is 13.4 Å². The molecule has 0 spiro atoms. The normalized spacial score (nSPS) is 39.0. The Labute approximate surface area is 130 Å². The zero-order valence-electron chi connectivity index (χ0n) is 13.9. The summed E-state index contributed by atoms with van der Waals surface area (Å²) in [5, 5.41) is 0. The highest BCUT2D eigenvalue weighted by Crippen LogP contribution is 2.48. The summed E-state index contributed by atoms with van der Waals surface area (Å²) in [5.41, 5.74) is 3.28. The van der Waals surface area contributed by atoms with Crippen molar-refractivity contribution in [3.63, 3.8) is 0 Å². The van der Waals surface area contributed by atoms with E-state index in [2.05, 4.69) is 13.0 Å². The van der Waals surface area contributed by atoms with Gasteiger partial charge in [0.25, 0.3) is 0 Å². The molecule has 0 N–H and O–H groups in total. The van der Waals surface area contributed by atoms with Crippen molar-refractivity contribution in [2.24, 2.45) is 23.7 Å². The lowest BCUT2D eigenvalue weighted by Crippen LogP contribution is -2.32. The highest BCUT2D eigenvalue weighted by atomic mass is 16.5. The topological polar surface area (TPSA) is 9.23 Å². The van der Waals surface area contributed by atoms with Gasteiger partial charge in [-0.2, -0.15) is 0 Å². The Bertz CT molecular complexity index is 396. The van der Waals surface area contributed by atoms with Crippen molar-refractivity contribution in [1.82, 2.24) is 0 Å². The van der Waals surface area contributed by atoms with E-state index < -0.39 is 0 Å². The number of methoxy groups -OCH3 is 1. The van der Waals surface area contributed by atoms with Gasteiger partial charge >= 0.3 is 0 Å². The summed E-state index contributed by atoms with van der Waals surface area (Å²) >= 11 is 0. The van der Waals surface area contributed by atoms with E-state index in [9.17, 15) is 0 Å². The van der Waals surface area contributed by atoms with E-state index in [1.165, 1.54) is 69.8 Å². The Morgan fingerprint density at radius 3 is 2.14 bits per heavy atom. The highest BCUT2D eigenvalue weighted by molar-refractivity contribution is 5.08. The third-order valence-electron chi connectivity index (χ3n) is 6.57. The molecule has 0 aliphatic heterocycles. The largest absolute Gasteiger partial charge is 0.504 e. The molecule has 1 nitrogen and oxygen atoms in total. The fraction of sp³-hybridized carbons (Fsp3) is 0.800. The maximum Gasteiger partial charge on any atom is 0.0816 e. The Balaban J connectivity index is 1.52. The van der Waals surface area contributed by atoms with E-state index in [1.807, 2.05) is 6.26 Å². The molecule has 0 aromatic carbocycles. The minimum absolute atomic E-state index is 1.00. The van der Waals surface area contributed by atoms with Crippen molar-refractivity contribution in [1.29, 1.82) is 0 Å². The summed E-state index contributed by atoms with van der Waals surface area (Å²) in [6, 6.07) is 0. The van der Waals surface area contributed by atoms with Gasteiger partial charge in [-0.3, -0.25) is 0 Å². The van der Waals surface area contributed by atoms with Crippen molar-refractivity contribution in [2.75, 3.05) is 7.11 Å². The molecule has 0 radical (unpaired) electrons. The first-order valence-corrected chi connectivity index (χ1v) is 9.15. The lowest BCUT2D eigenvalue weighted by Gasteiger charge is -2.43. The van der Waals surface area contributed by atoms with Gasteiger partial charge in [-0.05, 0) is 100 Å². The zero-order chi connectivity index (χ0) is 14.7. The molecule has 0 aromatic rings. The lowest BCUT2D eigenvalue weighted by molar-refractivity contribution is 0.103. The summed E-state index contributed by atoms with van der Waals surface area (Å²) in [7, 11) is 1.78. The number of fused-ring (bicyclic) bond motifs is 1. The van der Waals surface area contributed by atoms with Gasteiger partial charge in [-0.15, -0.1) is 0 Å². The van der Waals surface area contributed by atoms with E-state index in [1.54, 1.807) is 12.7 Å². The predicted molar refractivity (Wildman–Crippen MR) is 89.0 cm³/mol. The minimum atomic E-state index is 1.00. The predicted octanol–water partition coefficient (Wildman–Crippen LogP) is 5.87. The van der Waals surface area contributed by atoms with Crippen LogP contribution in [-0.4, -0.2) is 7.11 Å². The maximum atomic E-state index is 5.19. The molecule has 0 amide bonds. The summed E-state index contributed by atoms with van der Waals surface area (Å²) < 4.78 is 5.19. The molecular formula is C20H32O. The van der Waals surface area contributed by atoms with E-state index in [-0.39, 0.29) is 0 Å². The average Bonchev–Trinajstić information content (AvgIpc) is 2.55. The van der Waals surface area contributed by atoms with Crippen LogP contribution in [0.3, 0.4) is 0 Å². The molecular weight excluding hydrogens is 256 g/mol. The summed E-state index contributed by atoms with van der Waals surface area (Å²) in [6.07, 6.45) is 18.6. The molecule has 3 saturated carbocycles. The van der Waals surface area contributed by atoms with Crippen molar-refractivity contribution in [3.8, 4) is 0 Å². The van der Waals surface area contributed by atoms with Crippen LogP contribution in [0, 0.1) is 23.7 Å². The van der Waals surface area contributed by atoms with Crippen LogP contribution in [0.25, 0.3) is 0 Å². The van der Waals surface area contributed by atoms with Crippen molar-refractivity contribution in [3.05, 3.63) is 23.5 Å². The van der Waals surface area contributed by atoms with Crippen molar-refractivity contribution < 1.29 is 4.74 Å². The molecule has 0 aromatic heterocycles. The molecule has 3 unspecified atom stereocenters. The SMILES string of the molecule is CC=C1CCC2CC(C3CCC(=COC)CC3)CCC2C1. The Kier molecular flexibility index (Phi) is 5.08. The van der Waals surface area contributed by atoms with Gasteiger partial charge in [-0.25, -0.2) is 0 Å². The third-order valence-corrected chi connectivity index (χ3v) is 6.57. The van der Waals surface area contributed by atoms with Crippen LogP contribution >= 0.6 is 0 Å². The second-order valence-corrected chi connectivity index (χ2v) is 7.63. The maximum absolute atomic E-state index is 5.19. The fourth-order valence-corrected chi connectivity index (χ4v) is 5.25. The van der Waals surface area contributed by atoms with Crippen LogP contribution in [0.2, 0.25) is 0 Å². The standard InChI is InChI=1S/C20H32O/c1-3-15-4-9-20-13-19(11-10-18(20)12-15)17-7-5-16(6-8-17)14-21-2/h3,14,17-20H,4-13H2,1-2H3. The smallest absolute Gasteiger partial charge is 0.0816 e. The summed E-state index contributed by atoms with van der Waals surface area (Å²) in [4.78, 5) is 0. The number of hydrogen-bond acceptors (Lipinski definition) is 1. The van der Waals surface area contributed by atoms with Crippen LogP contribution in [0.15, 0.2) is 23.5 Å². The molecule has 118 valence electrons. The Hall–Kier alpha value is -0.720. The van der Waals surface area contributed by atoms with Gasteiger partial charge in [0.15, 0.2) is 0 Å². The van der Waals surface area contributed by atoms with Crippen LogP contribution in [0.5, 0.6) is 0 Å². The molecule has 0 saturated heterocycles. The second kappa shape index (κ2) is 7.03. The van der Waals surface area contributed by atoms with Gasteiger partial charge < -0.3 is 4.74 Å². The molecule has 3 aliphatic carbocycles. The molecule has 0 heterocycles. The third kappa shape index (κ3) is 3.55. The van der Waals surface area contributed by atoms with Gasteiger partial charge in [-0.1, -0.05) is 11.6 Å². The van der Waals surface area contributed by atoms with Crippen LogP contribution in [0.4, 0.5) is 0 Å². The second-order valence-electron chi connectivity index (χ2n) is 7.63. The summed E-state index contributed by atoms with van der Waals surface area (Å²) in [5.74, 6) is 4.10. The number of rotatable bonds is 2. The molecule has 3 aliphatic rings. The summed E-state index contributed by atoms with van der Waals surface area (Å²) in [6.45, 7) is 2.23. The first-order chi connectivity index (χ1) is 10.3. The van der Waals surface area contributed by atoms with Crippen molar-refractivity contribution >= 4 is 0 Å². The van der Waals surface area contributed by atoms with Crippen molar-refractivity contribution in [2.45, 2.75) is 71.1 Å². The molecule has 21 heavy (non-hydrogen) atoms. The lowest BCUT2D eigenvalue weighted by atomic mass is 9.62. The number of ether oxygens (including phenoxy) is 1. The van der Waals surface area contributed by atoms with Gasteiger partial charge in [0.2, 0.25) is 0 Å². The van der Waals surface area contributed by atoms with E-state index in [4.69, 9.17) is 4.74 Å². The Morgan fingerprint density at radius 2 is 1.43 bits per heavy atom. The van der Waals surface area contributed by atoms with Crippen LogP contribution in [-0.2, 0) is 4.74 Å². The van der Waals surface area contributed by atoms with Crippen LogP contribution in [0.1, 0.15) is 71.1 Å². The number of hydrogen-bond donors (Lipinski definition) is 0. The monoisotopic (exact) mass is 288 g/mol. The first-order valence-electron chi connectivity index (χ1n) is 9.15. The van der Waals surface area contributed by atoms with E-state index >= 15 is 0 Å².